The maximum absolute atomic E-state index is 12.2. The molecule has 36 heavy (non-hydrogen) atoms. The number of hydrogen-bond acceptors (Lipinski definition) is 3. The number of ether oxygens (including phenoxy) is 2. The number of rotatable bonds is 8. The van der Waals surface area contributed by atoms with Gasteiger partial charge in [-0.25, -0.2) is 0 Å². The maximum atomic E-state index is 12.2. The molecule has 0 N–H and O–H groups in total. The van der Waals surface area contributed by atoms with Crippen molar-refractivity contribution in [3.63, 3.8) is 0 Å². The molecular weight excluding hydrogens is 444 g/mol. The molecule has 0 fully saturated rings. The van der Waals surface area contributed by atoms with Crippen molar-refractivity contribution in [1.29, 1.82) is 0 Å². The highest BCUT2D eigenvalue weighted by Crippen LogP contribution is 2.55. The van der Waals surface area contributed by atoms with Crippen LogP contribution in [0.25, 0.3) is 11.1 Å². The summed E-state index contributed by atoms with van der Waals surface area (Å²) in [5.41, 5.74) is 6.67. The molecule has 0 saturated carbocycles. The van der Waals surface area contributed by atoms with Crippen molar-refractivity contribution in [2.75, 3.05) is 13.2 Å². The normalized spacial score (nSPS) is 13.5. The summed E-state index contributed by atoms with van der Waals surface area (Å²) < 4.78 is 11.3. The molecule has 3 nitrogen and oxygen atoms in total. The summed E-state index contributed by atoms with van der Waals surface area (Å²) in [5, 5.41) is 0. The van der Waals surface area contributed by atoms with Crippen LogP contribution in [0.4, 0.5) is 0 Å². The molecule has 0 atom stereocenters. The zero-order valence-electron chi connectivity index (χ0n) is 21.2. The van der Waals surface area contributed by atoms with Gasteiger partial charge in [0.25, 0.3) is 0 Å². The Balaban J connectivity index is 1.46. The van der Waals surface area contributed by atoms with E-state index in [-0.39, 0.29) is 12.6 Å². The first kappa shape index (κ1) is 23.9. The van der Waals surface area contributed by atoms with Gasteiger partial charge in [0.1, 0.15) is 19.0 Å². The molecular formula is C33H32O3. The van der Waals surface area contributed by atoms with Crippen LogP contribution in [-0.2, 0) is 14.9 Å². The summed E-state index contributed by atoms with van der Waals surface area (Å²) in [6, 6.07) is 36.5. The Morgan fingerprint density at radius 2 is 1.22 bits per heavy atom. The number of carbonyl (C=O) groups is 1. The van der Waals surface area contributed by atoms with E-state index in [0.717, 1.165) is 12.2 Å². The van der Waals surface area contributed by atoms with Crippen LogP contribution in [0.1, 0.15) is 49.4 Å². The highest BCUT2D eigenvalue weighted by atomic mass is 16.6. The predicted octanol–water partition coefficient (Wildman–Crippen LogP) is 7.41. The lowest BCUT2D eigenvalue weighted by Crippen LogP contribution is -2.28. The molecule has 1 aliphatic rings. The van der Waals surface area contributed by atoms with Crippen molar-refractivity contribution >= 4 is 5.97 Å². The third kappa shape index (κ3) is 3.99. The van der Waals surface area contributed by atoms with Crippen molar-refractivity contribution < 1.29 is 14.3 Å². The summed E-state index contributed by atoms with van der Waals surface area (Å²) >= 11 is 0. The maximum Gasteiger partial charge on any atom is 0.311 e. The van der Waals surface area contributed by atoms with Gasteiger partial charge in [0.2, 0.25) is 0 Å². The summed E-state index contributed by atoms with van der Waals surface area (Å²) in [4.78, 5) is 12.2. The SMILES string of the molecule is CCC(C)(C)C(=O)OCCOc1ccc(C2(c3ccccc3)c3ccccc3-c3ccccc32)cc1. The van der Waals surface area contributed by atoms with E-state index in [1.807, 2.05) is 32.9 Å². The van der Waals surface area contributed by atoms with Gasteiger partial charge in [-0.1, -0.05) is 97.9 Å². The molecule has 0 radical (unpaired) electrons. The Bertz CT molecular complexity index is 1310. The van der Waals surface area contributed by atoms with E-state index in [4.69, 9.17) is 9.47 Å². The van der Waals surface area contributed by atoms with Gasteiger partial charge in [-0.2, -0.15) is 0 Å². The van der Waals surface area contributed by atoms with Crippen molar-refractivity contribution in [3.05, 3.63) is 125 Å². The summed E-state index contributed by atoms with van der Waals surface area (Å²) in [6.45, 7) is 6.34. The smallest absolute Gasteiger partial charge is 0.311 e. The molecule has 182 valence electrons. The zero-order chi connectivity index (χ0) is 25.2. The number of hydrogen-bond donors (Lipinski definition) is 0. The monoisotopic (exact) mass is 476 g/mol. The summed E-state index contributed by atoms with van der Waals surface area (Å²) in [5.74, 6) is 0.569. The molecule has 0 saturated heterocycles. The van der Waals surface area contributed by atoms with Crippen molar-refractivity contribution in [2.45, 2.75) is 32.6 Å². The molecule has 0 spiro atoms. The van der Waals surface area contributed by atoms with Crippen molar-refractivity contribution in [2.24, 2.45) is 5.41 Å². The molecule has 1 aliphatic carbocycles. The van der Waals surface area contributed by atoms with E-state index < -0.39 is 10.8 Å². The van der Waals surface area contributed by atoms with Crippen LogP contribution >= 0.6 is 0 Å². The van der Waals surface area contributed by atoms with Gasteiger partial charge >= 0.3 is 5.97 Å². The number of benzene rings is 4. The Kier molecular flexibility index (Phi) is 6.40. The van der Waals surface area contributed by atoms with Gasteiger partial charge < -0.3 is 9.47 Å². The Morgan fingerprint density at radius 1 is 0.694 bits per heavy atom. The van der Waals surface area contributed by atoms with Crippen LogP contribution in [-0.4, -0.2) is 19.2 Å². The Hall–Kier alpha value is -3.85. The zero-order valence-corrected chi connectivity index (χ0v) is 21.2. The Morgan fingerprint density at radius 3 is 1.81 bits per heavy atom. The van der Waals surface area contributed by atoms with Crippen LogP contribution in [0.5, 0.6) is 5.75 Å². The van der Waals surface area contributed by atoms with Gasteiger partial charge in [0.05, 0.1) is 10.8 Å². The summed E-state index contributed by atoms with van der Waals surface area (Å²) in [6.07, 6.45) is 0.740. The van der Waals surface area contributed by atoms with E-state index in [0.29, 0.717) is 6.61 Å². The highest BCUT2D eigenvalue weighted by molar-refractivity contribution is 5.86. The Labute approximate surface area is 213 Å². The third-order valence-electron chi connectivity index (χ3n) is 7.47. The molecule has 5 rings (SSSR count). The predicted molar refractivity (Wildman–Crippen MR) is 144 cm³/mol. The van der Waals surface area contributed by atoms with E-state index >= 15 is 0 Å². The molecule has 0 bridgehead atoms. The minimum Gasteiger partial charge on any atom is -0.490 e. The van der Waals surface area contributed by atoms with Crippen molar-refractivity contribution in [3.8, 4) is 16.9 Å². The first-order valence-electron chi connectivity index (χ1n) is 12.6. The third-order valence-corrected chi connectivity index (χ3v) is 7.47. The fourth-order valence-electron chi connectivity index (χ4n) is 5.15. The van der Waals surface area contributed by atoms with Gasteiger partial charge in [-0.05, 0) is 65.8 Å². The first-order chi connectivity index (χ1) is 17.5. The highest BCUT2D eigenvalue weighted by Gasteiger charge is 2.45. The second-order valence-electron chi connectivity index (χ2n) is 9.95. The average molecular weight is 477 g/mol. The van der Waals surface area contributed by atoms with Gasteiger partial charge in [0.15, 0.2) is 0 Å². The van der Waals surface area contributed by atoms with Gasteiger partial charge in [-0.3, -0.25) is 4.79 Å². The largest absolute Gasteiger partial charge is 0.490 e. The molecule has 4 aromatic carbocycles. The number of carbonyl (C=O) groups excluding carboxylic acids is 1. The van der Waals surface area contributed by atoms with Crippen molar-refractivity contribution in [1.82, 2.24) is 0 Å². The fourth-order valence-corrected chi connectivity index (χ4v) is 5.15. The number of esters is 1. The lowest BCUT2D eigenvalue weighted by atomic mass is 9.68. The van der Waals surface area contributed by atoms with Crippen LogP contribution in [0.2, 0.25) is 0 Å². The van der Waals surface area contributed by atoms with E-state index in [2.05, 4.69) is 91.0 Å². The topological polar surface area (TPSA) is 35.5 Å². The molecule has 0 unspecified atom stereocenters. The summed E-state index contributed by atoms with van der Waals surface area (Å²) in [7, 11) is 0. The van der Waals surface area contributed by atoms with Gasteiger partial charge in [0, 0.05) is 0 Å². The van der Waals surface area contributed by atoms with Crippen LogP contribution < -0.4 is 4.74 Å². The van der Waals surface area contributed by atoms with Gasteiger partial charge in [-0.15, -0.1) is 0 Å². The number of fused-ring (bicyclic) bond motifs is 3. The van der Waals surface area contributed by atoms with E-state index in [9.17, 15) is 4.79 Å². The molecule has 3 heteroatoms. The fraction of sp³-hybridized carbons (Fsp3) is 0.242. The standard InChI is InChI=1S/C33H32O3/c1-4-32(2,3)31(34)36-23-22-35-26-20-18-25(19-21-26)33(24-12-6-5-7-13-24)29-16-10-8-14-27(29)28-15-9-11-17-30(28)33/h5-21H,4,22-23H2,1-3H3. The minimum atomic E-state index is -0.471. The molecule has 0 amide bonds. The average Bonchev–Trinajstić information content (AvgIpc) is 3.23. The second kappa shape index (κ2) is 9.66. The molecule has 0 aromatic heterocycles. The molecule has 4 aromatic rings. The minimum absolute atomic E-state index is 0.188. The first-order valence-corrected chi connectivity index (χ1v) is 12.6. The lowest BCUT2D eigenvalue weighted by Gasteiger charge is -2.33. The quantitative estimate of drug-likeness (QED) is 0.173. The molecule has 0 aliphatic heterocycles. The lowest BCUT2D eigenvalue weighted by molar-refractivity contribution is -0.154. The van der Waals surface area contributed by atoms with Crippen LogP contribution in [0.3, 0.4) is 0 Å². The van der Waals surface area contributed by atoms with Crippen LogP contribution in [0.15, 0.2) is 103 Å². The van der Waals surface area contributed by atoms with E-state index in [1.54, 1.807) is 0 Å². The second-order valence-corrected chi connectivity index (χ2v) is 9.95. The molecule has 0 heterocycles. The van der Waals surface area contributed by atoms with E-state index in [1.165, 1.54) is 33.4 Å². The van der Waals surface area contributed by atoms with Crippen LogP contribution in [0, 0.1) is 5.41 Å².